The van der Waals surface area contributed by atoms with Crippen molar-refractivity contribution >= 4 is 17.7 Å². The Morgan fingerprint density at radius 3 is 2.31 bits per heavy atom. The van der Waals surface area contributed by atoms with Crippen LogP contribution in [0.2, 0.25) is 0 Å². The monoisotopic (exact) mass is 681 g/mol. The molecule has 4 aromatic rings. The Hall–Kier alpha value is -5.29. The van der Waals surface area contributed by atoms with E-state index in [1.165, 1.54) is 12.0 Å². The van der Waals surface area contributed by atoms with E-state index in [1.54, 1.807) is 19.1 Å². The number of benzene rings is 1. The van der Waals surface area contributed by atoms with Gasteiger partial charge in [0.2, 0.25) is 17.7 Å². The molecule has 256 valence electrons. The molecule has 0 aliphatic carbocycles. The Morgan fingerprint density at radius 2 is 1.75 bits per heavy atom. The van der Waals surface area contributed by atoms with Crippen molar-refractivity contribution in [2.24, 2.45) is 0 Å². The third-order valence-electron chi connectivity index (χ3n) is 7.65. The van der Waals surface area contributed by atoms with Crippen LogP contribution in [0.4, 0.5) is 42.8 Å². The molecule has 0 fully saturated rings. The van der Waals surface area contributed by atoms with Gasteiger partial charge in [-0.1, -0.05) is 6.92 Å². The molecule has 4 heterocycles. The number of alkyl halides is 6. The normalized spacial score (nSPS) is 16.4. The maximum absolute atomic E-state index is 13.6. The molecule has 3 N–H and O–H groups in total. The van der Waals surface area contributed by atoms with Gasteiger partial charge >= 0.3 is 24.1 Å². The molecule has 2 atom stereocenters. The number of halogens is 6. The van der Waals surface area contributed by atoms with Gasteiger partial charge in [-0.3, -0.25) is 4.90 Å². The van der Waals surface area contributed by atoms with Gasteiger partial charge in [0, 0.05) is 18.5 Å². The standard InChI is InChI=1S/C30H29F6N7O5/c1-4-18-12-20(25-21(6-7-23(41-25)47-3)42(18)28(46)48-5-2)40-26-37-13-22(43-24(44)14-38-27(43)45)19(39-26)10-15-8-16(29(31,32)33)11-17(9-15)30(34,35)36/h6-9,11,13-14,18,20,44H,4-5,10,12H2,1-3H3,(H,38,45)(H,37,39,40)/t18-,20+/m1/s1. The Kier molecular flexibility index (Phi) is 9.28. The SMILES string of the molecule is CCOC(=O)N1c2ccc(OC)nc2[C@@H](Nc2ncc(-n3c(O)c[nH]c3=O)c(Cc3cc(C(F)(F)F)cc(C(F)(F)F)c3)n2)C[C@H]1CC. The lowest BCUT2D eigenvalue weighted by atomic mass is 9.93. The minimum atomic E-state index is -5.09. The molecule has 3 aromatic heterocycles. The first kappa shape index (κ1) is 34.1. The Labute approximate surface area is 268 Å². The number of carbonyl (C=O) groups is 1. The lowest BCUT2D eigenvalue weighted by molar-refractivity contribution is -0.143. The molecular formula is C30H29F6N7O5. The topological polar surface area (TPSA) is 147 Å². The van der Waals surface area contributed by atoms with Crippen molar-refractivity contribution in [3.05, 3.63) is 81.3 Å². The number of ether oxygens (including phenoxy) is 2. The van der Waals surface area contributed by atoms with Crippen LogP contribution in [-0.4, -0.2) is 55.5 Å². The van der Waals surface area contributed by atoms with Crippen LogP contribution in [0.15, 0.2) is 47.5 Å². The number of methoxy groups -OCH3 is 1. The summed E-state index contributed by atoms with van der Waals surface area (Å²) in [5.41, 5.74) is -3.96. The van der Waals surface area contributed by atoms with Crippen molar-refractivity contribution in [1.82, 2.24) is 24.5 Å². The highest BCUT2D eigenvalue weighted by Gasteiger charge is 2.39. The highest BCUT2D eigenvalue weighted by Crippen LogP contribution is 2.41. The van der Waals surface area contributed by atoms with Crippen LogP contribution in [0.3, 0.4) is 0 Å². The van der Waals surface area contributed by atoms with Crippen molar-refractivity contribution < 1.29 is 45.7 Å². The molecule has 1 aliphatic heterocycles. The zero-order chi connectivity index (χ0) is 35.0. The van der Waals surface area contributed by atoms with Gasteiger partial charge in [0.15, 0.2) is 0 Å². The summed E-state index contributed by atoms with van der Waals surface area (Å²) in [6.45, 7) is 3.67. The van der Waals surface area contributed by atoms with E-state index < -0.39 is 59.2 Å². The van der Waals surface area contributed by atoms with Gasteiger partial charge < -0.3 is 24.9 Å². The van der Waals surface area contributed by atoms with Gasteiger partial charge in [-0.05, 0) is 49.6 Å². The molecule has 0 unspecified atom stereocenters. The average molecular weight is 682 g/mol. The fraction of sp³-hybridized carbons (Fsp3) is 0.367. The first-order valence-corrected chi connectivity index (χ1v) is 14.6. The summed E-state index contributed by atoms with van der Waals surface area (Å²) in [6, 6.07) is 3.26. The maximum atomic E-state index is 13.6. The fourth-order valence-electron chi connectivity index (χ4n) is 5.49. The number of aromatic amines is 1. The molecule has 0 bridgehead atoms. The van der Waals surface area contributed by atoms with E-state index in [1.807, 2.05) is 6.92 Å². The molecule has 0 saturated heterocycles. The summed E-state index contributed by atoms with van der Waals surface area (Å²) in [5, 5.41) is 13.4. The lowest BCUT2D eigenvalue weighted by Gasteiger charge is -2.39. The minimum Gasteiger partial charge on any atom is -0.493 e. The summed E-state index contributed by atoms with van der Waals surface area (Å²) < 4.78 is 93.1. The predicted octanol–water partition coefficient (Wildman–Crippen LogP) is 5.99. The fourth-order valence-corrected chi connectivity index (χ4v) is 5.49. The van der Waals surface area contributed by atoms with E-state index in [0.717, 1.165) is 17.0 Å². The number of pyridine rings is 1. The van der Waals surface area contributed by atoms with E-state index in [4.69, 9.17) is 9.47 Å². The first-order valence-electron chi connectivity index (χ1n) is 14.6. The molecule has 0 spiro atoms. The van der Waals surface area contributed by atoms with Crippen LogP contribution in [-0.2, 0) is 23.5 Å². The quantitative estimate of drug-likeness (QED) is 0.191. The van der Waals surface area contributed by atoms with Crippen LogP contribution in [0.25, 0.3) is 5.69 Å². The average Bonchev–Trinajstić information content (AvgIpc) is 3.36. The van der Waals surface area contributed by atoms with E-state index in [0.29, 0.717) is 29.9 Å². The smallest absolute Gasteiger partial charge is 0.416 e. The van der Waals surface area contributed by atoms with Gasteiger partial charge in [0.1, 0.15) is 0 Å². The van der Waals surface area contributed by atoms with Gasteiger partial charge in [0.05, 0.1) is 66.0 Å². The van der Waals surface area contributed by atoms with Crippen LogP contribution >= 0.6 is 0 Å². The highest BCUT2D eigenvalue weighted by atomic mass is 19.4. The molecule has 12 nitrogen and oxygen atoms in total. The zero-order valence-electron chi connectivity index (χ0n) is 25.6. The number of aromatic nitrogens is 5. The van der Waals surface area contributed by atoms with E-state index in [9.17, 15) is 41.0 Å². The molecule has 1 aliphatic rings. The molecule has 18 heteroatoms. The minimum absolute atomic E-state index is 0.00534. The summed E-state index contributed by atoms with van der Waals surface area (Å²) >= 11 is 0. The number of imidazole rings is 1. The molecule has 1 aromatic carbocycles. The van der Waals surface area contributed by atoms with Crippen LogP contribution in [0.5, 0.6) is 11.8 Å². The van der Waals surface area contributed by atoms with Crippen LogP contribution in [0, 0.1) is 0 Å². The Morgan fingerprint density at radius 1 is 1.06 bits per heavy atom. The second-order valence-electron chi connectivity index (χ2n) is 10.7. The van der Waals surface area contributed by atoms with Crippen molar-refractivity contribution in [2.45, 2.75) is 57.5 Å². The summed E-state index contributed by atoms with van der Waals surface area (Å²) in [4.78, 5) is 42.4. The summed E-state index contributed by atoms with van der Waals surface area (Å²) in [6.07, 6.45) is -8.59. The number of nitrogens with zero attached hydrogens (tertiary/aromatic N) is 5. The van der Waals surface area contributed by atoms with E-state index in [2.05, 4.69) is 25.3 Å². The molecule has 0 saturated carbocycles. The second kappa shape index (κ2) is 13.1. The number of hydrogen-bond acceptors (Lipinski definition) is 9. The number of anilines is 2. The molecule has 1 amide bonds. The molecule has 0 radical (unpaired) electrons. The van der Waals surface area contributed by atoms with Crippen molar-refractivity contribution in [3.8, 4) is 17.4 Å². The van der Waals surface area contributed by atoms with Crippen molar-refractivity contribution in [1.29, 1.82) is 0 Å². The number of carbonyl (C=O) groups excluding carboxylic acids is 1. The number of hydrogen-bond donors (Lipinski definition) is 3. The summed E-state index contributed by atoms with van der Waals surface area (Å²) in [7, 11) is 1.41. The third kappa shape index (κ3) is 6.86. The van der Waals surface area contributed by atoms with Crippen LogP contribution in [0.1, 0.15) is 60.8 Å². The molecule has 5 rings (SSSR count). The van der Waals surface area contributed by atoms with Crippen molar-refractivity contribution in [2.75, 3.05) is 23.9 Å². The maximum Gasteiger partial charge on any atom is 0.416 e. The number of rotatable bonds is 8. The number of fused-ring (bicyclic) bond motifs is 1. The number of amides is 1. The van der Waals surface area contributed by atoms with Crippen LogP contribution < -0.4 is 20.6 Å². The highest BCUT2D eigenvalue weighted by molar-refractivity contribution is 5.90. The number of aromatic hydroxyl groups is 1. The van der Waals surface area contributed by atoms with E-state index >= 15 is 0 Å². The van der Waals surface area contributed by atoms with Gasteiger partial charge in [-0.15, -0.1) is 0 Å². The van der Waals surface area contributed by atoms with Gasteiger partial charge in [-0.2, -0.15) is 26.3 Å². The largest absolute Gasteiger partial charge is 0.493 e. The van der Waals surface area contributed by atoms with Gasteiger partial charge in [0.25, 0.3) is 0 Å². The van der Waals surface area contributed by atoms with Gasteiger partial charge in [-0.25, -0.2) is 29.1 Å². The third-order valence-corrected chi connectivity index (χ3v) is 7.65. The summed E-state index contributed by atoms with van der Waals surface area (Å²) in [5.74, 6) is -0.503. The van der Waals surface area contributed by atoms with Crippen molar-refractivity contribution in [3.63, 3.8) is 0 Å². The van der Waals surface area contributed by atoms with E-state index in [-0.39, 0.29) is 48.3 Å². The molecular weight excluding hydrogens is 652 g/mol. The lowest BCUT2D eigenvalue weighted by Crippen LogP contribution is -2.46. The Bertz CT molecular complexity index is 1840. The predicted molar refractivity (Wildman–Crippen MR) is 158 cm³/mol. The molecule has 48 heavy (non-hydrogen) atoms. The number of H-pyrrole nitrogens is 1. The number of nitrogens with one attached hydrogen (secondary N) is 2. The zero-order valence-corrected chi connectivity index (χ0v) is 25.6. The first-order chi connectivity index (χ1) is 22.6. The Balaban J connectivity index is 1.61. The second-order valence-corrected chi connectivity index (χ2v) is 10.7.